The molecule has 33 heavy (non-hydrogen) atoms. The number of methoxy groups -OCH3 is 1. The van der Waals surface area contributed by atoms with Crippen molar-refractivity contribution < 1.29 is 9.47 Å². The van der Waals surface area contributed by atoms with Gasteiger partial charge in [-0.25, -0.2) is 14.7 Å². The minimum absolute atomic E-state index is 0.237. The normalized spacial score (nSPS) is 15.7. The van der Waals surface area contributed by atoms with E-state index in [9.17, 15) is 0 Å². The number of nitrogens with one attached hydrogen (secondary N) is 2. The summed E-state index contributed by atoms with van der Waals surface area (Å²) in [5.41, 5.74) is 1.98. The molecule has 0 aliphatic carbocycles. The lowest BCUT2D eigenvalue weighted by Crippen LogP contribution is -2.47. The predicted octanol–water partition coefficient (Wildman–Crippen LogP) is 2.47. The summed E-state index contributed by atoms with van der Waals surface area (Å²) in [6.07, 6.45) is 3.63. The van der Waals surface area contributed by atoms with Crippen LogP contribution in [-0.2, 0) is 37.5 Å². The van der Waals surface area contributed by atoms with Crippen molar-refractivity contribution in [3.63, 3.8) is 0 Å². The van der Waals surface area contributed by atoms with E-state index in [1.165, 1.54) is 0 Å². The van der Waals surface area contributed by atoms with Crippen LogP contribution in [0.5, 0.6) is 5.75 Å². The van der Waals surface area contributed by atoms with Crippen LogP contribution in [0.3, 0.4) is 0 Å². The average molecular weight is 450 g/mol. The van der Waals surface area contributed by atoms with Gasteiger partial charge in [-0.3, -0.25) is 4.98 Å². The number of ether oxygens (including phenoxy) is 2. The number of hydrogen-bond acceptors (Lipinski definition) is 6. The highest BCUT2D eigenvalue weighted by Crippen LogP contribution is 2.16. The Hall–Kier alpha value is -3.46. The van der Waals surface area contributed by atoms with E-state index >= 15 is 0 Å². The number of guanidine groups is 1. The second kappa shape index (κ2) is 11.4. The number of aryl methyl sites for hydroxylation is 1. The summed E-state index contributed by atoms with van der Waals surface area (Å²) in [6, 6.07) is 14.1. The molecule has 0 saturated carbocycles. The largest absolute Gasteiger partial charge is 0.487 e. The first-order chi connectivity index (χ1) is 16.2. The summed E-state index contributed by atoms with van der Waals surface area (Å²) in [4.78, 5) is 13.6. The zero-order valence-electron chi connectivity index (χ0n) is 19.2. The van der Waals surface area contributed by atoms with Gasteiger partial charge in [0.2, 0.25) is 0 Å². The van der Waals surface area contributed by atoms with Gasteiger partial charge in [-0.2, -0.15) is 5.10 Å². The topological polar surface area (TPSA) is 98.5 Å². The summed E-state index contributed by atoms with van der Waals surface area (Å²) >= 11 is 0. The van der Waals surface area contributed by atoms with Gasteiger partial charge >= 0.3 is 0 Å². The monoisotopic (exact) mass is 449 g/mol. The molecule has 2 aromatic heterocycles. The van der Waals surface area contributed by atoms with Gasteiger partial charge in [-0.15, -0.1) is 0 Å². The maximum atomic E-state index is 5.89. The molecule has 3 heterocycles. The lowest BCUT2D eigenvalue weighted by molar-refractivity contribution is 0.177. The van der Waals surface area contributed by atoms with Gasteiger partial charge in [0.05, 0.1) is 18.8 Å². The van der Waals surface area contributed by atoms with Gasteiger partial charge in [-0.05, 0) is 43.2 Å². The quantitative estimate of drug-likeness (QED) is 0.382. The molecule has 1 unspecified atom stereocenters. The van der Waals surface area contributed by atoms with E-state index in [2.05, 4.69) is 38.7 Å². The zero-order chi connectivity index (χ0) is 22.9. The molecular weight excluding hydrogens is 418 g/mol. The first kappa shape index (κ1) is 22.7. The van der Waals surface area contributed by atoms with Crippen molar-refractivity contribution in [3.8, 4) is 5.75 Å². The Morgan fingerprint density at radius 1 is 1.21 bits per heavy atom. The third-order valence-electron chi connectivity index (χ3n) is 5.29. The van der Waals surface area contributed by atoms with Crippen LogP contribution in [0.2, 0.25) is 0 Å². The van der Waals surface area contributed by atoms with Crippen LogP contribution in [0.15, 0.2) is 53.7 Å². The molecule has 0 radical (unpaired) electrons. The predicted molar refractivity (Wildman–Crippen MR) is 126 cm³/mol. The van der Waals surface area contributed by atoms with Crippen LogP contribution in [0.1, 0.15) is 36.3 Å². The molecule has 0 amide bonds. The van der Waals surface area contributed by atoms with E-state index in [1.54, 1.807) is 13.3 Å². The van der Waals surface area contributed by atoms with Gasteiger partial charge in [0.25, 0.3) is 0 Å². The van der Waals surface area contributed by atoms with Gasteiger partial charge in [0.1, 0.15) is 24.8 Å². The highest BCUT2D eigenvalue weighted by Gasteiger charge is 2.22. The molecule has 4 rings (SSSR count). The summed E-state index contributed by atoms with van der Waals surface area (Å²) in [7, 11) is 1.66. The van der Waals surface area contributed by atoms with Crippen molar-refractivity contribution in [2.75, 3.05) is 13.7 Å². The third kappa shape index (κ3) is 6.52. The summed E-state index contributed by atoms with van der Waals surface area (Å²) in [6.45, 7) is 5.04. The van der Waals surface area contributed by atoms with E-state index in [-0.39, 0.29) is 6.04 Å². The molecule has 9 nitrogen and oxygen atoms in total. The van der Waals surface area contributed by atoms with E-state index in [4.69, 9.17) is 14.5 Å². The Bertz CT molecular complexity index is 1050. The second-order valence-electron chi connectivity index (χ2n) is 7.89. The molecule has 0 fully saturated rings. The van der Waals surface area contributed by atoms with Crippen molar-refractivity contribution in [2.24, 2.45) is 4.99 Å². The number of hydrogen-bond donors (Lipinski definition) is 2. The Balaban J connectivity index is 1.35. The average Bonchev–Trinajstić information content (AvgIpc) is 3.24. The Morgan fingerprint density at radius 2 is 2.15 bits per heavy atom. The maximum Gasteiger partial charge on any atom is 0.191 e. The van der Waals surface area contributed by atoms with Crippen LogP contribution < -0.4 is 15.4 Å². The number of pyridine rings is 1. The molecule has 1 atom stereocenters. The minimum atomic E-state index is 0.237. The number of aliphatic imine (C=N–C) groups is 1. The third-order valence-corrected chi connectivity index (χ3v) is 5.29. The van der Waals surface area contributed by atoms with Gasteiger partial charge < -0.3 is 20.1 Å². The lowest BCUT2D eigenvalue weighted by atomic mass is 10.1. The summed E-state index contributed by atoms with van der Waals surface area (Å²) < 4.78 is 13.0. The van der Waals surface area contributed by atoms with E-state index in [1.807, 2.05) is 41.1 Å². The highest BCUT2D eigenvalue weighted by molar-refractivity contribution is 5.80. The molecule has 9 heteroatoms. The smallest absolute Gasteiger partial charge is 0.191 e. The van der Waals surface area contributed by atoms with Crippen LogP contribution in [0, 0.1) is 0 Å². The van der Waals surface area contributed by atoms with Gasteiger partial charge in [-0.1, -0.05) is 18.2 Å². The highest BCUT2D eigenvalue weighted by atomic mass is 16.5. The van der Waals surface area contributed by atoms with Gasteiger partial charge in [0, 0.05) is 32.3 Å². The molecule has 1 aliphatic heterocycles. The minimum Gasteiger partial charge on any atom is -0.487 e. The van der Waals surface area contributed by atoms with E-state index in [0.717, 1.165) is 60.5 Å². The van der Waals surface area contributed by atoms with E-state index in [0.29, 0.717) is 19.8 Å². The number of rotatable bonds is 9. The first-order valence-corrected chi connectivity index (χ1v) is 11.3. The molecule has 1 aliphatic rings. The SMILES string of the molecule is CCNC(=NCc1cccc(OCc2ccccn2)c1)NC1CCc2nc(COC)nn2C1. The standard InChI is InChI=1S/C24H31N7O2/c1-3-25-24(28-19-10-11-23-29-22(17-32-2)30-31(23)15-19)27-14-18-7-6-9-21(13-18)33-16-20-8-4-5-12-26-20/h4-9,12-13,19H,3,10-11,14-17H2,1-2H3,(H2,25,27,28). The molecule has 174 valence electrons. The van der Waals surface area contributed by atoms with Gasteiger partial charge in [0.15, 0.2) is 11.8 Å². The molecule has 1 aromatic carbocycles. The van der Waals surface area contributed by atoms with Crippen molar-refractivity contribution in [1.29, 1.82) is 0 Å². The van der Waals surface area contributed by atoms with Crippen molar-refractivity contribution in [2.45, 2.75) is 52.1 Å². The Kier molecular flexibility index (Phi) is 7.86. The summed E-state index contributed by atoms with van der Waals surface area (Å²) in [5, 5.41) is 11.4. The zero-order valence-corrected chi connectivity index (χ0v) is 19.2. The molecule has 0 spiro atoms. The molecular formula is C24H31N7O2. The lowest BCUT2D eigenvalue weighted by Gasteiger charge is -2.25. The number of aromatic nitrogens is 4. The number of fused-ring (bicyclic) bond motifs is 1. The first-order valence-electron chi connectivity index (χ1n) is 11.3. The van der Waals surface area contributed by atoms with Crippen molar-refractivity contribution >= 4 is 5.96 Å². The van der Waals surface area contributed by atoms with Crippen molar-refractivity contribution in [1.82, 2.24) is 30.4 Å². The number of benzene rings is 1. The Labute approximate surface area is 194 Å². The molecule has 0 bridgehead atoms. The molecule has 3 aromatic rings. The van der Waals surface area contributed by atoms with E-state index < -0.39 is 0 Å². The van der Waals surface area contributed by atoms with Crippen molar-refractivity contribution in [3.05, 3.63) is 71.6 Å². The Morgan fingerprint density at radius 3 is 2.97 bits per heavy atom. The number of nitrogens with zero attached hydrogens (tertiary/aromatic N) is 5. The van der Waals surface area contributed by atoms with Crippen LogP contribution in [0.25, 0.3) is 0 Å². The molecule has 2 N–H and O–H groups in total. The fourth-order valence-electron chi connectivity index (χ4n) is 3.73. The van der Waals surface area contributed by atoms with Crippen LogP contribution >= 0.6 is 0 Å². The fraction of sp³-hybridized carbons (Fsp3) is 0.417. The maximum absolute atomic E-state index is 5.89. The summed E-state index contributed by atoms with van der Waals surface area (Å²) in [5.74, 6) is 3.36. The second-order valence-corrected chi connectivity index (χ2v) is 7.89. The van der Waals surface area contributed by atoms with Crippen LogP contribution in [0.4, 0.5) is 0 Å². The fourth-order valence-corrected chi connectivity index (χ4v) is 3.73. The molecule has 0 saturated heterocycles. The van der Waals surface area contributed by atoms with Crippen LogP contribution in [-0.4, -0.2) is 45.4 Å².